The molecule has 8 heteroatoms. The second-order valence-electron chi connectivity index (χ2n) is 4.54. The predicted octanol–water partition coefficient (Wildman–Crippen LogP) is 0.529. The van der Waals surface area contributed by atoms with Gasteiger partial charge in [0, 0.05) is 12.8 Å². The van der Waals surface area contributed by atoms with Crippen LogP contribution >= 0.6 is 0 Å². The Balaban J connectivity index is 2.83. The highest BCUT2D eigenvalue weighted by atomic mass is 32.2. The molecule has 0 spiro atoms. The van der Waals surface area contributed by atoms with Crippen LogP contribution in [0.5, 0.6) is 0 Å². The van der Waals surface area contributed by atoms with Crippen LogP contribution in [0.25, 0.3) is 0 Å². The van der Waals surface area contributed by atoms with Gasteiger partial charge in [0.25, 0.3) is 0 Å². The van der Waals surface area contributed by atoms with Crippen LogP contribution in [0.15, 0.2) is 34.1 Å². The van der Waals surface area contributed by atoms with Crippen LogP contribution < -0.4 is 4.72 Å². The van der Waals surface area contributed by atoms with Crippen LogP contribution in [0.2, 0.25) is 0 Å². The number of hydrogen-bond donors (Lipinski definition) is 2. The summed E-state index contributed by atoms with van der Waals surface area (Å²) >= 11 is 0. The highest BCUT2D eigenvalue weighted by molar-refractivity contribution is 7.90. The second kappa shape index (κ2) is 6.66. The van der Waals surface area contributed by atoms with Gasteiger partial charge in [0.2, 0.25) is 10.0 Å². The molecule has 1 aromatic rings. The molecular weight excluding hydrogens is 302 g/mol. The summed E-state index contributed by atoms with van der Waals surface area (Å²) in [5.74, 6) is 0. The van der Waals surface area contributed by atoms with E-state index < -0.39 is 26.0 Å². The van der Waals surface area contributed by atoms with E-state index in [1.54, 1.807) is 0 Å². The van der Waals surface area contributed by atoms with Crippen molar-refractivity contribution in [1.29, 1.82) is 0 Å². The second-order valence-corrected chi connectivity index (χ2v) is 8.32. The van der Waals surface area contributed by atoms with Crippen LogP contribution in [0, 0.1) is 0 Å². The summed E-state index contributed by atoms with van der Waals surface area (Å²) in [6, 6.07) is 4.94. The van der Waals surface area contributed by atoms with Gasteiger partial charge in [-0.25, -0.2) is 21.6 Å². The van der Waals surface area contributed by atoms with Gasteiger partial charge in [0.05, 0.1) is 15.9 Å². The maximum atomic E-state index is 11.9. The standard InChI is InChI=1S/C12H19NO5S2/c1-3-4-10(14)9-13-20(17,18)12-7-5-11(6-8-12)19(2,15)16/h5-8,10,13-14H,3-4,9H2,1-2H3. The van der Waals surface area contributed by atoms with Gasteiger partial charge >= 0.3 is 0 Å². The van der Waals surface area contributed by atoms with E-state index in [1.807, 2.05) is 6.92 Å². The third-order valence-corrected chi connectivity index (χ3v) is 5.26. The number of hydrogen-bond acceptors (Lipinski definition) is 5. The Morgan fingerprint density at radius 1 is 1.10 bits per heavy atom. The Kier molecular flexibility index (Phi) is 5.69. The van der Waals surface area contributed by atoms with Crippen LogP contribution in [0.3, 0.4) is 0 Å². The van der Waals surface area contributed by atoms with Crippen LogP contribution in [-0.2, 0) is 19.9 Å². The monoisotopic (exact) mass is 321 g/mol. The van der Waals surface area contributed by atoms with Gasteiger partial charge in [0.15, 0.2) is 9.84 Å². The fourth-order valence-electron chi connectivity index (χ4n) is 1.59. The van der Waals surface area contributed by atoms with E-state index in [-0.39, 0.29) is 16.3 Å². The number of aliphatic hydroxyl groups is 1. The molecule has 0 aliphatic carbocycles. The van der Waals surface area contributed by atoms with Crippen molar-refractivity contribution in [2.75, 3.05) is 12.8 Å². The van der Waals surface area contributed by atoms with Gasteiger partial charge in [-0.3, -0.25) is 0 Å². The Hall–Kier alpha value is -0.960. The summed E-state index contributed by atoms with van der Waals surface area (Å²) in [7, 11) is -7.09. The SMILES string of the molecule is CCCC(O)CNS(=O)(=O)c1ccc(S(C)(=O)=O)cc1. The Morgan fingerprint density at radius 3 is 2.05 bits per heavy atom. The minimum absolute atomic E-state index is 0.0337. The first kappa shape index (κ1) is 17.1. The minimum Gasteiger partial charge on any atom is -0.392 e. The third kappa shape index (κ3) is 4.86. The van der Waals surface area contributed by atoms with Crippen molar-refractivity contribution in [3.05, 3.63) is 24.3 Å². The minimum atomic E-state index is -3.74. The molecular formula is C12H19NO5S2. The molecule has 0 aromatic heterocycles. The lowest BCUT2D eigenvalue weighted by Gasteiger charge is -2.11. The molecule has 0 aliphatic rings. The summed E-state index contributed by atoms with van der Waals surface area (Å²) in [4.78, 5) is 0.0241. The average Bonchev–Trinajstić information content (AvgIpc) is 2.36. The lowest BCUT2D eigenvalue weighted by molar-refractivity contribution is 0.167. The van der Waals surface area contributed by atoms with Crippen LogP contribution in [-0.4, -0.2) is 40.8 Å². The van der Waals surface area contributed by atoms with Crippen molar-refractivity contribution in [2.24, 2.45) is 0 Å². The van der Waals surface area contributed by atoms with Crippen LogP contribution in [0.4, 0.5) is 0 Å². The fraction of sp³-hybridized carbons (Fsp3) is 0.500. The molecule has 6 nitrogen and oxygen atoms in total. The first-order chi connectivity index (χ1) is 9.16. The maximum Gasteiger partial charge on any atom is 0.240 e. The maximum absolute atomic E-state index is 11.9. The van der Waals surface area contributed by atoms with E-state index in [0.29, 0.717) is 6.42 Å². The molecule has 0 radical (unpaired) electrons. The highest BCUT2D eigenvalue weighted by Gasteiger charge is 2.16. The summed E-state index contributed by atoms with van der Waals surface area (Å²) in [5, 5.41) is 9.50. The fourth-order valence-corrected chi connectivity index (χ4v) is 3.29. The first-order valence-electron chi connectivity index (χ1n) is 6.14. The summed E-state index contributed by atoms with van der Waals surface area (Å²) in [6.07, 6.45) is 1.59. The molecule has 0 saturated heterocycles. The van der Waals surface area contributed by atoms with Crippen molar-refractivity contribution in [2.45, 2.75) is 35.7 Å². The average molecular weight is 321 g/mol. The molecule has 114 valence electrons. The highest BCUT2D eigenvalue weighted by Crippen LogP contribution is 2.14. The zero-order chi connectivity index (χ0) is 15.4. The van der Waals surface area contributed by atoms with Gasteiger partial charge < -0.3 is 5.11 Å². The third-order valence-electron chi connectivity index (χ3n) is 2.69. The molecule has 1 unspecified atom stereocenters. The van der Waals surface area contributed by atoms with Gasteiger partial charge in [-0.15, -0.1) is 0 Å². The molecule has 1 atom stereocenters. The number of aliphatic hydroxyl groups excluding tert-OH is 1. The molecule has 0 saturated carbocycles. The van der Waals surface area contributed by atoms with E-state index in [9.17, 15) is 21.9 Å². The molecule has 0 amide bonds. The normalized spacial score (nSPS) is 14.2. The largest absolute Gasteiger partial charge is 0.392 e. The van der Waals surface area contributed by atoms with Gasteiger partial charge in [0.1, 0.15) is 0 Å². The molecule has 0 fully saturated rings. The molecule has 0 aliphatic heterocycles. The number of sulfone groups is 1. The van der Waals surface area contributed by atoms with E-state index in [4.69, 9.17) is 0 Å². The quantitative estimate of drug-likeness (QED) is 0.763. The summed E-state index contributed by atoms with van der Waals surface area (Å²) < 4.78 is 48.7. The Morgan fingerprint density at radius 2 is 1.60 bits per heavy atom. The van der Waals surface area contributed by atoms with Gasteiger partial charge in [-0.2, -0.15) is 0 Å². The topological polar surface area (TPSA) is 101 Å². The molecule has 0 bridgehead atoms. The number of benzene rings is 1. The molecule has 20 heavy (non-hydrogen) atoms. The van der Waals surface area contributed by atoms with Crippen LogP contribution in [0.1, 0.15) is 19.8 Å². The summed E-state index contributed by atoms with van der Waals surface area (Å²) in [5.41, 5.74) is 0. The smallest absolute Gasteiger partial charge is 0.240 e. The number of rotatable bonds is 7. The molecule has 2 N–H and O–H groups in total. The van der Waals surface area contributed by atoms with E-state index >= 15 is 0 Å². The van der Waals surface area contributed by atoms with Gasteiger partial charge in [-0.1, -0.05) is 13.3 Å². The first-order valence-corrected chi connectivity index (χ1v) is 9.52. The Bertz CT molecular complexity index is 635. The van der Waals surface area contributed by atoms with E-state index in [2.05, 4.69) is 4.72 Å². The lowest BCUT2D eigenvalue weighted by Crippen LogP contribution is -2.32. The molecule has 1 rings (SSSR count). The molecule has 0 heterocycles. The molecule has 1 aromatic carbocycles. The zero-order valence-electron chi connectivity index (χ0n) is 11.4. The predicted molar refractivity (Wildman–Crippen MR) is 75.7 cm³/mol. The van der Waals surface area contributed by atoms with Crippen molar-refractivity contribution >= 4 is 19.9 Å². The Labute approximate surface area is 119 Å². The van der Waals surface area contributed by atoms with Gasteiger partial charge in [-0.05, 0) is 30.7 Å². The lowest BCUT2D eigenvalue weighted by atomic mass is 10.2. The number of sulfonamides is 1. The van der Waals surface area contributed by atoms with Crippen molar-refractivity contribution in [3.8, 4) is 0 Å². The van der Waals surface area contributed by atoms with Crippen molar-refractivity contribution in [1.82, 2.24) is 4.72 Å². The van der Waals surface area contributed by atoms with E-state index in [0.717, 1.165) is 12.7 Å². The summed E-state index contributed by atoms with van der Waals surface area (Å²) in [6.45, 7) is 1.83. The zero-order valence-corrected chi connectivity index (χ0v) is 13.0. The van der Waals surface area contributed by atoms with Crippen molar-refractivity contribution in [3.63, 3.8) is 0 Å². The van der Waals surface area contributed by atoms with Crippen molar-refractivity contribution < 1.29 is 21.9 Å². The van der Waals surface area contributed by atoms with E-state index in [1.165, 1.54) is 24.3 Å². The number of nitrogens with one attached hydrogen (secondary N) is 1.